The lowest BCUT2D eigenvalue weighted by Crippen LogP contribution is -1.96. The minimum absolute atomic E-state index is 0.660. The quantitative estimate of drug-likeness (QED) is 0.336. The molecule has 0 saturated carbocycles. The third-order valence-electron chi connectivity index (χ3n) is 4.95. The van der Waals surface area contributed by atoms with Gasteiger partial charge in [-0.3, -0.25) is 30.3 Å². The van der Waals surface area contributed by atoms with Crippen LogP contribution in [0, 0.1) is 37.3 Å². The number of nitrogens with zero attached hydrogens (tertiary/aromatic N) is 3. The van der Waals surface area contributed by atoms with Crippen LogP contribution in [0.15, 0.2) is 84.9 Å². The maximum atomic E-state index is 10.3. The first kappa shape index (κ1) is 23.0. The first-order valence-electron chi connectivity index (χ1n) is 9.85. The average Bonchev–Trinajstić information content (AvgIpc) is 3.30. The minimum atomic E-state index is -0.931. The molecule has 33 heavy (non-hydrogen) atoms. The summed E-state index contributed by atoms with van der Waals surface area (Å²) in [6.07, 6.45) is 5.52. The number of non-ortho nitro benzene ring substituents is 3. The Balaban J connectivity index is 0.000000190. The standard InChI is InChI=1S/C18H16.C6H3N3O6/c1-14-7-9-16(10-8-14)18-12-11-17(13-18)15-5-3-2-4-6-15;10-7(11)4-1-5(8(12)13)3-6(2-4)9(14)15/h2-12H,13H2,1H3;1-3H. The molecule has 0 bridgehead atoms. The van der Waals surface area contributed by atoms with Gasteiger partial charge in [0.05, 0.1) is 33.0 Å². The Morgan fingerprint density at radius 2 is 1.00 bits per heavy atom. The third kappa shape index (κ3) is 5.95. The van der Waals surface area contributed by atoms with Crippen molar-refractivity contribution in [1.82, 2.24) is 0 Å². The molecule has 3 aromatic rings. The molecule has 0 atom stereocenters. The van der Waals surface area contributed by atoms with E-state index in [2.05, 4.69) is 73.7 Å². The Kier molecular flexibility index (Phi) is 7.04. The highest BCUT2D eigenvalue weighted by Gasteiger charge is 2.21. The van der Waals surface area contributed by atoms with Crippen molar-refractivity contribution in [1.29, 1.82) is 0 Å². The van der Waals surface area contributed by atoms with E-state index in [9.17, 15) is 30.3 Å². The number of benzene rings is 3. The number of nitro groups is 3. The van der Waals surface area contributed by atoms with Gasteiger partial charge < -0.3 is 0 Å². The van der Waals surface area contributed by atoms with Crippen LogP contribution in [0.3, 0.4) is 0 Å². The van der Waals surface area contributed by atoms with E-state index < -0.39 is 31.8 Å². The number of allylic oxidation sites excluding steroid dienone is 4. The Bertz CT molecular complexity index is 1190. The second-order valence-electron chi connectivity index (χ2n) is 7.27. The second-order valence-corrected chi connectivity index (χ2v) is 7.27. The largest absolute Gasteiger partial charge is 0.283 e. The van der Waals surface area contributed by atoms with Crippen LogP contribution in [0.25, 0.3) is 11.1 Å². The zero-order valence-corrected chi connectivity index (χ0v) is 17.6. The number of rotatable bonds is 5. The van der Waals surface area contributed by atoms with E-state index in [4.69, 9.17) is 0 Å². The van der Waals surface area contributed by atoms with E-state index in [1.54, 1.807) is 0 Å². The van der Waals surface area contributed by atoms with Crippen molar-refractivity contribution >= 4 is 28.2 Å². The van der Waals surface area contributed by atoms with Gasteiger partial charge in [-0.2, -0.15) is 0 Å². The number of aryl methyl sites for hydroxylation is 1. The number of hydrogen-bond donors (Lipinski definition) is 0. The van der Waals surface area contributed by atoms with Crippen LogP contribution in [0.5, 0.6) is 0 Å². The van der Waals surface area contributed by atoms with Gasteiger partial charge in [-0.15, -0.1) is 0 Å². The zero-order valence-electron chi connectivity index (χ0n) is 17.6. The molecule has 1 aliphatic carbocycles. The highest BCUT2D eigenvalue weighted by Crippen LogP contribution is 2.33. The third-order valence-corrected chi connectivity index (χ3v) is 4.95. The minimum Gasteiger partial charge on any atom is -0.258 e. The zero-order chi connectivity index (χ0) is 24.0. The fraction of sp³-hybridized carbons (Fsp3) is 0.0833. The smallest absolute Gasteiger partial charge is 0.258 e. The molecule has 0 heterocycles. The lowest BCUT2D eigenvalue weighted by molar-refractivity contribution is -0.403. The topological polar surface area (TPSA) is 129 Å². The predicted molar refractivity (Wildman–Crippen MR) is 125 cm³/mol. The second kappa shape index (κ2) is 10.1. The lowest BCUT2D eigenvalue weighted by atomic mass is 9.98. The molecule has 0 N–H and O–H groups in total. The van der Waals surface area contributed by atoms with Gasteiger partial charge in [-0.05, 0) is 35.6 Å². The molecule has 0 saturated heterocycles. The SMILES string of the molecule is Cc1ccc(C2=CC=C(c3ccccc3)C2)cc1.O=[N+]([O-])c1cc([N+](=O)[O-])cc([N+](=O)[O-])c1. The van der Waals surface area contributed by atoms with E-state index in [1.807, 2.05) is 0 Å². The van der Waals surface area contributed by atoms with Crippen LogP contribution >= 0.6 is 0 Å². The first-order chi connectivity index (χ1) is 15.7. The predicted octanol–water partition coefficient (Wildman–Crippen LogP) is 6.28. The van der Waals surface area contributed by atoms with Crippen molar-refractivity contribution in [3.63, 3.8) is 0 Å². The normalized spacial score (nSPS) is 12.2. The van der Waals surface area contributed by atoms with Crippen LogP contribution < -0.4 is 0 Å². The molecule has 9 heteroatoms. The molecule has 166 valence electrons. The van der Waals surface area contributed by atoms with Gasteiger partial charge in [-0.1, -0.05) is 72.3 Å². The molecule has 0 radical (unpaired) electrons. The summed E-state index contributed by atoms with van der Waals surface area (Å²) < 4.78 is 0. The molecule has 3 aromatic carbocycles. The van der Waals surface area contributed by atoms with Gasteiger partial charge in [0.1, 0.15) is 0 Å². The van der Waals surface area contributed by atoms with Crippen molar-refractivity contribution in [3.05, 3.63) is 132 Å². The molecular formula is C24H19N3O6. The summed E-state index contributed by atoms with van der Waals surface area (Å²) in [5.74, 6) is 0. The van der Waals surface area contributed by atoms with E-state index in [1.165, 1.54) is 27.8 Å². The average molecular weight is 445 g/mol. The summed E-state index contributed by atoms with van der Waals surface area (Å²) in [5.41, 5.74) is 4.75. The Labute approximate surface area is 188 Å². The van der Waals surface area contributed by atoms with E-state index in [-0.39, 0.29) is 0 Å². The van der Waals surface area contributed by atoms with Crippen molar-refractivity contribution in [3.8, 4) is 0 Å². The summed E-state index contributed by atoms with van der Waals surface area (Å²) in [5, 5.41) is 30.9. The van der Waals surface area contributed by atoms with Gasteiger partial charge in [-0.25, -0.2) is 0 Å². The summed E-state index contributed by atoms with van der Waals surface area (Å²) in [4.78, 5) is 28.1. The van der Waals surface area contributed by atoms with E-state index in [0.29, 0.717) is 18.2 Å². The molecule has 0 amide bonds. The Morgan fingerprint density at radius 3 is 1.39 bits per heavy atom. The summed E-state index contributed by atoms with van der Waals surface area (Å²) >= 11 is 0. The Hall–Kier alpha value is -4.66. The molecule has 0 aliphatic heterocycles. The highest BCUT2D eigenvalue weighted by atomic mass is 16.6. The molecule has 9 nitrogen and oxygen atoms in total. The van der Waals surface area contributed by atoms with Gasteiger partial charge >= 0.3 is 0 Å². The van der Waals surface area contributed by atoms with E-state index in [0.717, 1.165) is 6.42 Å². The molecule has 0 fully saturated rings. The van der Waals surface area contributed by atoms with Crippen molar-refractivity contribution in [2.75, 3.05) is 0 Å². The van der Waals surface area contributed by atoms with Crippen LogP contribution in [-0.4, -0.2) is 14.8 Å². The molecular weight excluding hydrogens is 426 g/mol. The van der Waals surface area contributed by atoms with Crippen molar-refractivity contribution in [2.45, 2.75) is 13.3 Å². The van der Waals surface area contributed by atoms with Gasteiger partial charge in [0.25, 0.3) is 17.1 Å². The molecule has 4 rings (SSSR count). The highest BCUT2D eigenvalue weighted by molar-refractivity contribution is 5.86. The number of hydrogen-bond acceptors (Lipinski definition) is 6. The molecule has 0 spiro atoms. The van der Waals surface area contributed by atoms with Crippen LogP contribution in [0.4, 0.5) is 17.1 Å². The maximum absolute atomic E-state index is 10.3. The molecule has 0 unspecified atom stereocenters. The van der Waals surface area contributed by atoms with Gasteiger partial charge in [0.2, 0.25) is 0 Å². The summed E-state index contributed by atoms with van der Waals surface area (Å²) in [7, 11) is 0. The number of nitro benzene ring substituents is 3. The maximum Gasteiger partial charge on any atom is 0.283 e. The van der Waals surface area contributed by atoms with Gasteiger partial charge in [0.15, 0.2) is 0 Å². The van der Waals surface area contributed by atoms with Crippen LogP contribution in [-0.2, 0) is 0 Å². The van der Waals surface area contributed by atoms with Crippen LogP contribution in [0.2, 0.25) is 0 Å². The van der Waals surface area contributed by atoms with Crippen molar-refractivity contribution < 1.29 is 14.8 Å². The fourth-order valence-electron chi connectivity index (χ4n) is 3.24. The Morgan fingerprint density at radius 1 is 0.606 bits per heavy atom. The summed E-state index contributed by atoms with van der Waals surface area (Å²) in [6.45, 7) is 2.13. The van der Waals surface area contributed by atoms with E-state index >= 15 is 0 Å². The molecule has 1 aliphatic rings. The van der Waals surface area contributed by atoms with Crippen molar-refractivity contribution in [2.24, 2.45) is 0 Å². The fourth-order valence-corrected chi connectivity index (χ4v) is 3.24. The summed E-state index contributed by atoms with van der Waals surface area (Å²) in [6, 6.07) is 21.4. The lowest BCUT2D eigenvalue weighted by Gasteiger charge is -2.06. The van der Waals surface area contributed by atoms with Gasteiger partial charge in [0, 0.05) is 0 Å². The monoisotopic (exact) mass is 445 g/mol. The molecule has 0 aromatic heterocycles. The first-order valence-corrected chi connectivity index (χ1v) is 9.85. The van der Waals surface area contributed by atoms with Crippen LogP contribution in [0.1, 0.15) is 23.1 Å².